The summed E-state index contributed by atoms with van der Waals surface area (Å²) in [6.07, 6.45) is 5.28. The van der Waals surface area contributed by atoms with Crippen molar-refractivity contribution in [2.24, 2.45) is 5.92 Å². The standard InChI is InChI=1S/C21H28N4O4/c1-21(2,3)29-20-17(22-10-11-23-20)14-24-12-8-16(9-13-24)15-28-19-7-5-4-6-18(19)25(26)27/h4-7,10-11,16H,8-9,12-15H2,1-3H3. The molecule has 1 fully saturated rings. The van der Waals surface area contributed by atoms with E-state index in [1.807, 2.05) is 20.8 Å². The molecular weight excluding hydrogens is 372 g/mol. The molecule has 1 aliphatic heterocycles. The van der Waals surface area contributed by atoms with E-state index in [1.54, 1.807) is 30.6 Å². The summed E-state index contributed by atoms with van der Waals surface area (Å²) in [5.41, 5.74) is 0.533. The van der Waals surface area contributed by atoms with Crippen LogP contribution in [-0.4, -0.2) is 45.1 Å². The van der Waals surface area contributed by atoms with E-state index in [9.17, 15) is 10.1 Å². The van der Waals surface area contributed by atoms with Gasteiger partial charge in [-0.05, 0) is 58.7 Å². The highest BCUT2D eigenvalue weighted by atomic mass is 16.6. The number of benzene rings is 1. The summed E-state index contributed by atoms with van der Waals surface area (Å²) in [6, 6.07) is 6.52. The van der Waals surface area contributed by atoms with Crippen LogP contribution in [0, 0.1) is 16.0 Å². The molecule has 0 atom stereocenters. The van der Waals surface area contributed by atoms with Crippen LogP contribution < -0.4 is 9.47 Å². The number of rotatable bonds is 7. The third-order valence-electron chi connectivity index (χ3n) is 4.76. The molecule has 29 heavy (non-hydrogen) atoms. The van der Waals surface area contributed by atoms with Gasteiger partial charge in [0.1, 0.15) is 11.3 Å². The molecule has 0 bridgehead atoms. The average Bonchev–Trinajstić information content (AvgIpc) is 2.68. The van der Waals surface area contributed by atoms with Crippen molar-refractivity contribution in [1.29, 1.82) is 0 Å². The molecule has 0 saturated carbocycles. The smallest absolute Gasteiger partial charge is 0.310 e. The zero-order chi connectivity index (χ0) is 20.9. The Morgan fingerprint density at radius 3 is 2.55 bits per heavy atom. The fourth-order valence-electron chi connectivity index (χ4n) is 3.30. The predicted octanol–water partition coefficient (Wildman–Crippen LogP) is 3.85. The van der Waals surface area contributed by atoms with E-state index in [0.717, 1.165) is 31.6 Å². The molecule has 2 heterocycles. The van der Waals surface area contributed by atoms with Gasteiger partial charge in [-0.2, -0.15) is 0 Å². The molecule has 8 heteroatoms. The third kappa shape index (κ3) is 6.12. The Labute approximate surface area is 171 Å². The Bertz CT molecular complexity index is 829. The molecule has 3 rings (SSSR count). The number of aromatic nitrogens is 2. The molecule has 1 aromatic heterocycles. The van der Waals surface area contributed by atoms with Crippen LogP contribution in [0.15, 0.2) is 36.7 Å². The molecule has 0 radical (unpaired) electrons. The van der Waals surface area contributed by atoms with Crippen molar-refractivity contribution < 1.29 is 14.4 Å². The quantitative estimate of drug-likeness (QED) is 0.515. The first-order valence-electron chi connectivity index (χ1n) is 9.89. The van der Waals surface area contributed by atoms with Crippen LogP contribution in [-0.2, 0) is 6.54 Å². The van der Waals surface area contributed by atoms with E-state index in [-0.39, 0.29) is 11.3 Å². The van der Waals surface area contributed by atoms with Crippen LogP contribution in [0.1, 0.15) is 39.3 Å². The van der Waals surface area contributed by atoms with Gasteiger partial charge in [-0.15, -0.1) is 0 Å². The Morgan fingerprint density at radius 1 is 1.17 bits per heavy atom. The maximum Gasteiger partial charge on any atom is 0.310 e. The van der Waals surface area contributed by atoms with Crippen LogP contribution in [0.5, 0.6) is 11.6 Å². The summed E-state index contributed by atoms with van der Waals surface area (Å²) >= 11 is 0. The normalized spacial score (nSPS) is 15.8. The van der Waals surface area contributed by atoms with Crippen LogP contribution >= 0.6 is 0 Å². The zero-order valence-electron chi connectivity index (χ0n) is 17.2. The second kappa shape index (κ2) is 9.17. The van der Waals surface area contributed by atoms with Crippen molar-refractivity contribution >= 4 is 5.69 Å². The highest BCUT2D eigenvalue weighted by Crippen LogP contribution is 2.28. The summed E-state index contributed by atoms with van der Waals surface area (Å²) in [5.74, 6) is 1.29. The Kier molecular flexibility index (Phi) is 6.64. The minimum absolute atomic E-state index is 0.0129. The number of ether oxygens (including phenoxy) is 2. The minimum atomic E-state index is -0.407. The van der Waals surface area contributed by atoms with Gasteiger partial charge >= 0.3 is 5.69 Å². The van der Waals surface area contributed by atoms with Gasteiger partial charge in [-0.3, -0.25) is 20.0 Å². The van der Waals surface area contributed by atoms with Gasteiger partial charge in [-0.25, -0.2) is 4.98 Å². The third-order valence-corrected chi connectivity index (χ3v) is 4.76. The SMILES string of the molecule is CC(C)(C)Oc1nccnc1CN1CCC(COc2ccccc2[N+](=O)[O-])CC1. The maximum atomic E-state index is 11.1. The summed E-state index contributed by atoms with van der Waals surface area (Å²) < 4.78 is 11.7. The first-order chi connectivity index (χ1) is 13.8. The van der Waals surface area contributed by atoms with E-state index in [0.29, 0.717) is 30.7 Å². The average molecular weight is 400 g/mol. The molecule has 8 nitrogen and oxygen atoms in total. The Balaban J connectivity index is 1.51. The van der Waals surface area contributed by atoms with E-state index in [2.05, 4.69) is 14.9 Å². The van der Waals surface area contributed by atoms with Crippen molar-refractivity contribution in [2.45, 2.75) is 45.8 Å². The number of para-hydroxylation sites is 2. The first-order valence-corrected chi connectivity index (χ1v) is 9.89. The van der Waals surface area contributed by atoms with Crippen LogP contribution in [0.4, 0.5) is 5.69 Å². The number of nitrogens with zero attached hydrogens (tertiary/aromatic N) is 4. The van der Waals surface area contributed by atoms with Crippen molar-refractivity contribution in [3.63, 3.8) is 0 Å². The first kappa shape index (κ1) is 21.0. The monoisotopic (exact) mass is 400 g/mol. The summed E-state index contributed by atoms with van der Waals surface area (Å²) in [4.78, 5) is 21.8. The Morgan fingerprint density at radius 2 is 1.86 bits per heavy atom. The lowest BCUT2D eigenvalue weighted by atomic mass is 9.97. The number of nitro groups is 1. The van der Waals surface area contributed by atoms with Crippen molar-refractivity contribution in [1.82, 2.24) is 14.9 Å². The Hall–Kier alpha value is -2.74. The second-order valence-electron chi connectivity index (χ2n) is 8.28. The largest absolute Gasteiger partial charge is 0.487 e. The van der Waals surface area contributed by atoms with Crippen molar-refractivity contribution in [3.8, 4) is 11.6 Å². The highest BCUT2D eigenvalue weighted by Gasteiger charge is 2.24. The molecule has 0 spiro atoms. The number of hydrogen-bond donors (Lipinski definition) is 0. The molecule has 0 unspecified atom stereocenters. The summed E-state index contributed by atoms with van der Waals surface area (Å²) in [7, 11) is 0. The van der Waals surface area contributed by atoms with Crippen molar-refractivity contribution in [3.05, 3.63) is 52.5 Å². The number of hydrogen-bond acceptors (Lipinski definition) is 7. The summed E-state index contributed by atoms with van der Waals surface area (Å²) in [5, 5.41) is 11.1. The van der Waals surface area contributed by atoms with Crippen LogP contribution in [0.2, 0.25) is 0 Å². The molecule has 2 aromatic rings. The van der Waals surface area contributed by atoms with Crippen LogP contribution in [0.25, 0.3) is 0 Å². The fourth-order valence-corrected chi connectivity index (χ4v) is 3.30. The zero-order valence-corrected chi connectivity index (χ0v) is 17.2. The molecule has 1 aliphatic rings. The number of piperidine rings is 1. The molecule has 0 N–H and O–H groups in total. The molecule has 1 aromatic carbocycles. The number of nitro benzene ring substituents is 1. The van der Waals surface area contributed by atoms with E-state index in [4.69, 9.17) is 9.47 Å². The molecule has 0 amide bonds. The van der Waals surface area contributed by atoms with Gasteiger partial charge in [0.25, 0.3) is 0 Å². The lowest BCUT2D eigenvalue weighted by molar-refractivity contribution is -0.385. The highest BCUT2D eigenvalue weighted by molar-refractivity contribution is 5.45. The van der Waals surface area contributed by atoms with Gasteiger partial charge in [0.05, 0.1) is 11.5 Å². The van der Waals surface area contributed by atoms with E-state index < -0.39 is 4.92 Å². The number of likely N-dealkylation sites (tertiary alicyclic amines) is 1. The van der Waals surface area contributed by atoms with Gasteiger partial charge in [0.2, 0.25) is 5.88 Å². The molecule has 0 aliphatic carbocycles. The van der Waals surface area contributed by atoms with Gasteiger partial charge in [-0.1, -0.05) is 12.1 Å². The second-order valence-corrected chi connectivity index (χ2v) is 8.28. The minimum Gasteiger partial charge on any atom is -0.487 e. The molecular formula is C21H28N4O4. The van der Waals surface area contributed by atoms with E-state index in [1.165, 1.54) is 6.07 Å². The van der Waals surface area contributed by atoms with Gasteiger partial charge < -0.3 is 9.47 Å². The molecule has 1 saturated heterocycles. The predicted molar refractivity (Wildman–Crippen MR) is 109 cm³/mol. The lowest BCUT2D eigenvalue weighted by Crippen LogP contribution is -2.35. The van der Waals surface area contributed by atoms with Crippen LogP contribution in [0.3, 0.4) is 0 Å². The van der Waals surface area contributed by atoms with Gasteiger partial charge in [0.15, 0.2) is 5.75 Å². The lowest BCUT2D eigenvalue weighted by Gasteiger charge is -2.32. The maximum absolute atomic E-state index is 11.1. The molecule has 156 valence electrons. The fraction of sp³-hybridized carbons (Fsp3) is 0.524. The van der Waals surface area contributed by atoms with Crippen molar-refractivity contribution in [2.75, 3.05) is 19.7 Å². The van der Waals surface area contributed by atoms with Gasteiger partial charge in [0, 0.05) is 25.0 Å². The summed E-state index contributed by atoms with van der Waals surface area (Å²) in [6.45, 7) is 8.99. The van der Waals surface area contributed by atoms with E-state index >= 15 is 0 Å². The topological polar surface area (TPSA) is 90.6 Å².